The number of nitrogens with zero attached hydrogens (tertiary/aromatic N) is 3. The van der Waals surface area contributed by atoms with E-state index in [1.165, 1.54) is 0 Å². The molecular weight excluding hydrogens is 368 g/mol. The molecule has 1 atom stereocenters. The molecular formula is C22H34N4O3. The van der Waals surface area contributed by atoms with Gasteiger partial charge in [0.15, 0.2) is 0 Å². The van der Waals surface area contributed by atoms with Crippen LogP contribution in [0.25, 0.3) is 0 Å². The van der Waals surface area contributed by atoms with Gasteiger partial charge in [-0.15, -0.1) is 0 Å². The zero-order valence-corrected chi connectivity index (χ0v) is 18.1. The quantitative estimate of drug-likeness (QED) is 0.776. The molecule has 160 valence electrons. The van der Waals surface area contributed by atoms with E-state index in [1.54, 1.807) is 7.11 Å². The lowest BCUT2D eigenvalue weighted by Crippen LogP contribution is -2.57. The molecule has 0 aromatic heterocycles. The van der Waals surface area contributed by atoms with Gasteiger partial charge in [0.1, 0.15) is 5.75 Å². The van der Waals surface area contributed by atoms with Crippen molar-refractivity contribution in [2.75, 3.05) is 46.4 Å². The van der Waals surface area contributed by atoms with Gasteiger partial charge >= 0.3 is 0 Å². The van der Waals surface area contributed by atoms with E-state index in [9.17, 15) is 9.59 Å². The smallest absolute Gasteiger partial charge is 0.237 e. The summed E-state index contributed by atoms with van der Waals surface area (Å²) in [6.07, 6.45) is 0.239. The largest absolute Gasteiger partial charge is 0.496 e. The first kappa shape index (κ1) is 21.6. The van der Waals surface area contributed by atoms with Gasteiger partial charge in [-0.25, -0.2) is 0 Å². The standard InChI is InChI=1S/C22H34N4O3/c1-16(2)24-9-11-25(12-10-24)21(27)14-19-22(28)23-7-8-26(19)15-18-5-6-20(29-4)17(3)13-18/h5-6,13,16,19H,7-12,14-15H2,1-4H3,(H,23,28). The Balaban J connectivity index is 1.63. The number of hydrogen-bond donors (Lipinski definition) is 1. The van der Waals surface area contributed by atoms with E-state index < -0.39 is 6.04 Å². The van der Waals surface area contributed by atoms with Gasteiger partial charge in [0.05, 0.1) is 19.6 Å². The molecule has 2 amide bonds. The second kappa shape index (κ2) is 9.59. The van der Waals surface area contributed by atoms with Crippen molar-refractivity contribution in [2.45, 2.75) is 45.8 Å². The van der Waals surface area contributed by atoms with Crippen LogP contribution in [0.5, 0.6) is 5.75 Å². The Labute approximate surface area is 174 Å². The van der Waals surface area contributed by atoms with Crippen molar-refractivity contribution in [2.24, 2.45) is 0 Å². The molecule has 1 N–H and O–H groups in total. The number of carbonyl (C=O) groups is 2. The molecule has 0 aliphatic carbocycles. The molecule has 0 saturated carbocycles. The van der Waals surface area contributed by atoms with Gasteiger partial charge in [-0.2, -0.15) is 0 Å². The van der Waals surface area contributed by atoms with E-state index in [-0.39, 0.29) is 18.2 Å². The third kappa shape index (κ3) is 5.28. The predicted molar refractivity (Wildman–Crippen MR) is 113 cm³/mol. The molecule has 3 rings (SSSR count). The van der Waals surface area contributed by atoms with E-state index in [0.717, 1.165) is 49.6 Å². The fourth-order valence-corrected chi connectivity index (χ4v) is 4.23. The van der Waals surface area contributed by atoms with Gasteiger partial charge in [0.2, 0.25) is 11.8 Å². The summed E-state index contributed by atoms with van der Waals surface area (Å²) < 4.78 is 5.34. The number of ether oxygens (including phenoxy) is 1. The molecule has 1 unspecified atom stereocenters. The van der Waals surface area contributed by atoms with E-state index in [1.807, 2.05) is 24.0 Å². The second-order valence-corrected chi connectivity index (χ2v) is 8.30. The Morgan fingerprint density at radius 3 is 2.55 bits per heavy atom. The van der Waals surface area contributed by atoms with Crippen LogP contribution in [0, 0.1) is 6.92 Å². The van der Waals surface area contributed by atoms with Gasteiger partial charge in [-0.05, 0) is 38.0 Å². The summed E-state index contributed by atoms with van der Waals surface area (Å²) in [5, 5.41) is 2.93. The molecule has 29 heavy (non-hydrogen) atoms. The average molecular weight is 403 g/mol. The van der Waals surface area contributed by atoms with E-state index >= 15 is 0 Å². The number of piperazine rings is 2. The normalized spacial score (nSPS) is 21.3. The molecule has 0 spiro atoms. The van der Waals surface area contributed by atoms with Crippen LogP contribution in [0.15, 0.2) is 18.2 Å². The lowest BCUT2D eigenvalue weighted by molar-refractivity contribution is -0.140. The van der Waals surface area contributed by atoms with Gasteiger partial charge in [-0.3, -0.25) is 19.4 Å². The fraction of sp³-hybridized carbons (Fsp3) is 0.636. The Hall–Kier alpha value is -2.12. The lowest BCUT2D eigenvalue weighted by Gasteiger charge is -2.39. The number of rotatable bonds is 6. The lowest BCUT2D eigenvalue weighted by atomic mass is 10.0. The molecule has 0 bridgehead atoms. The van der Waals surface area contributed by atoms with Gasteiger partial charge in [0, 0.05) is 51.9 Å². The summed E-state index contributed by atoms with van der Waals surface area (Å²) in [5.41, 5.74) is 2.20. The van der Waals surface area contributed by atoms with Crippen molar-refractivity contribution in [1.82, 2.24) is 20.0 Å². The maximum Gasteiger partial charge on any atom is 0.237 e. The highest BCUT2D eigenvalue weighted by Gasteiger charge is 2.33. The van der Waals surface area contributed by atoms with Crippen LogP contribution in [0.2, 0.25) is 0 Å². The van der Waals surface area contributed by atoms with Crippen molar-refractivity contribution in [3.8, 4) is 5.75 Å². The molecule has 1 aromatic rings. The molecule has 2 heterocycles. The third-order valence-corrected chi connectivity index (χ3v) is 6.05. The molecule has 1 aromatic carbocycles. The minimum Gasteiger partial charge on any atom is -0.496 e. The maximum atomic E-state index is 12.9. The summed E-state index contributed by atoms with van der Waals surface area (Å²) in [5.74, 6) is 0.888. The van der Waals surface area contributed by atoms with Crippen LogP contribution in [0.1, 0.15) is 31.4 Å². The van der Waals surface area contributed by atoms with E-state index in [0.29, 0.717) is 19.1 Å². The molecule has 2 aliphatic heterocycles. The molecule has 2 aliphatic rings. The third-order valence-electron chi connectivity index (χ3n) is 6.05. The number of benzene rings is 1. The Morgan fingerprint density at radius 1 is 1.21 bits per heavy atom. The summed E-state index contributed by atoms with van der Waals surface area (Å²) in [4.78, 5) is 31.9. The molecule has 2 saturated heterocycles. The predicted octanol–water partition coefficient (Wildman–Crippen LogP) is 1.25. The van der Waals surface area contributed by atoms with Crippen molar-refractivity contribution < 1.29 is 14.3 Å². The van der Waals surface area contributed by atoms with Crippen molar-refractivity contribution >= 4 is 11.8 Å². The average Bonchev–Trinajstić information content (AvgIpc) is 2.70. The molecule has 7 heteroatoms. The number of amides is 2. The zero-order chi connectivity index (χ0) is 21.0. The molecule has 0 radical (unpaired) electrons. The first-order valence-electron chi connectivity index (χ1n) is 10.6. The van der Waals surface area contributed by atoms with Gasteiger partial charge < -0.3 is 15.0 Å². The van der Waals surface area contributed by atoms with Crippen molar-refractivity contribution in [1.29, 1.82) is 0 Å². The monoisotopic (exact) mass is 402 g/mol. The minimum atomic E-state index is -0.415. The number of aryl methyl sites for hydroxylation is 1. The summed E-state index contributed by atoms with van der Waals surface area (Å²) in [7, 11) is 1.67. The highest BCUT2D eigenvalue weighted by Crippen LogP contribution is 2.21. The Bertz CT molecular complexity index is 729. The Morgan fingerprint density at radius 2 is 1.93 bits per heavy atom. The van der Waals surface area contributed by atoms with Crippen LogP contribution >= 0.6 is 0 Å². The number of nitrogens with one attached hydrogen (secondary N) is 1. The highest BCUT2D eigenvalue weighted by molar-refractivity contribution is 5.88. The fourth-order valence-electron chi connectivity index (χ4n) is 4.23. The first-order valence-corrected chi connectivity index (χ1v) is 10.6. The summed E-state index contributed by atoms with van der Waals surface area (Å²) in [6.45, 7) is 11.7. The number of hydrogen-bond acceptors (Lipinski definition) is 5. The number of carbonyl (C=O) groups excluding carboxylic acids is 2. The van der Waals surface area contributed by atoms with Crippen LogP contribution in [0.3, 0.4) is 0 Å². The van der Waals surface area contributed by atoms with Crippen LogP contribution in [-0.4, -0.2) is 85.0 Å². The van der Waals surface area contributed by atoms with E-state index in [2.05, 4.69) is 35.0 Å². The summed E-state index contributed by atoms with van der Waals surface area (Å²) >= 11 is 0. The SMILES string of the molecule is COc1ccc(CN2CCNC(=O)C2CC(=O)N2CCN(C(C)C)CC2)cc1C. The van der Waals surface area contributed by atoms with Crippen LogP contribution in [-0.2, 0) is 16.1 Å². The minimum absolute atomic E-state index is 0.0457. The van der Waals surface area contributed by atoms with Gasteiger partial charge in [-0.1, -0.05) is 12.1 Å². The van der Waals surface area contributed by atoms with Gasteiger partial charge in [0.25, 0.3) is 0 Å². The van der Waals surface area contributed by atoms with Crippen molar-refractivity contribution in [3.63, 3.8) is 0 Å². The Kier molecular flexibility index (Phi) is 7.14. The summed E-state index contributed by atoms with van der Waals surface area (Å²) in [6, 6.07) is 6.17. The maximum absolute atomic E-state index is 12.9. The highest BCUT2D eigenvalue weighted by atomic mass is 16.5. The zero-order valence-electron chi connectivity index (χ0n) is 18.1. The number of methoxy groups -OCH3 is 1. The molecule has 7 nitrogen and oxygen atoms in total. The van der Waals surface area contributed by atoms with E-state index in [4.69, 9.17) is 4.74 Å². The topological polar surface area (TPSA) is 65.1 Å². The van der Waals surface area contributed by atoms with Crippen molar-refractivity contribution in [3.05, 3.63) is 29.3 Å². The first-order chi connectivity index (χ1) is 13.9. The van der Waals surface area contributed by atoms with Crippen LogP contribution < -0.4 is 10.1 Å². The molecule has 2 fully saturated rings. The second-order valence-electron chi connectivity index (χ2n) is 8.30. The van der Waals surface area contributed by atoms with Crippen LogP contribution in [0.4, 0.5) is 0 Å².